The lowest BCUT2D eigenvalue weighted by atomic mass is 9.80. The van der Waals surface area contributed by atoms with Crippen LogP contribution >= 0.6 is 23.2 Å². The average Bonchev–Trinajstić information content (AvgIpc) is 3.41. The standard InChI is InChI=1S/C28H20Cl2N4O5/c1-32-27(39)34(22-11-20(29)10-21(30)12-22)26(38)28(32)15-33(14-23(28)17-4-2-16(13-31)3-5-17)24(35)18-6-8-19(9-7-18)25(36)37/h2-12,23H,14-15H2,1H3,(H,36,37)/t23-,28+/m0/s1. The molecule has 2 fully saturated rings. The minimum atomic E-state index is -1.46. The molecule has 9 nitrogen and oxygen atoms in total. The molecule has 2 aliphatic heterocycles. The van der Waals surface area contributed by atoms with Crippen molar-refractivity contribution in [1.29, 1.82) is 5.26 Å². The van der Waals surface area contributed by atoms with Crippen molar-refractivity contribution in [2.75, 3.05) is 25.0 Å². The van der Waals surface area contributed by atoms with Crippen LogP contribution in [0.25, 0.3) is 0 Å². The summed E-state index contributed by atoms with van der Waals surface area (Å²) in [5.41, 5.74) is 0.120. The van der Waals surface area contributed by atoms with Gasteiger partial charge in [-0.1, -0.05) is 35.3 Å². The van der Waals surface area contributed by atoms with Crippen LogP contribution in [-0.2, 0) is 4.79 Å². The summed E-state index contributed by atoms with van der Waals surface area (Å²) >= 11 is 12.3. The van der Waals surface area contributed by atoms with Crippen LogP contribution in [0, 0.1) is 11.3 Å². The van der Waals surface area contributed by atoms with Gasteiger partial charge < -0.3 is 14.9 Å². The minimum Gasteiger partial charge on any atom is -0.478 e. The van der Waals surface area contributed by atoms with Gasteiger partial charge in [0.2, 0.25) is 0 Å². The molecule has 0 aromatic heterocycles. The van der Waals surface area contributed by atoms with E-state index in [1.54, 1.807) is 24.3 Å². The number of aromatic carboxylic acids is 1. The molecule has 2 heterocycles. The molecule has 0 unspecified atom stereocenters. The summed E-state index contributed by atoms with van der Waals surface area (Å²) in [6, 6.07) is 18.0. The number of rotatable bonds is 4. The summed E-state index contributed by atoms with van der Waals surface area (Å²) < 4.78 is 0. The van der Waals surface area contributed by atoms with Crippen molar-refractivity contribution in [3.8, 4) is 6.07 Å². The van der Waals surface area contributed by atoms with E-state index in [1.807, 2.05) is 0 Å². The third-order valence-corrected chi connectivity index (χ3v) is 7.71. The van der Waals surface area contributed by atoms with Gasteiger partial charge in [-0.25, -0.2) is 14.5 Å². The summed E-state index contributed by atoms with van der Waals surface area (Å²) in [5, 5.41) is 18.9. The van der Waals surface area contributed by atoms with Gasteiger partial charge >= 0.3 is 12.0 Å². The van der Waals surface area contributed by atoms with Crippen LogP contribution in [-0.4, -0.2) is 64.4 Å². The molecule has 0 aliphatic carbocycles. The minimum absolute atomic E-state index is 0.0343. The normalized spacial score (nSPS) is 20.6. The van der Waals surface area contributed by atoms with Gasteiger partial charge in [-0.05, 0) is 60.2 Å². The fourth-order valence-corrected chi connectivity index (χ4v) is 5.81. The summed E-state index contributed by atoms with van der Waals surface area (Å²) in [6.45, 7) is -0.0119. The molecule has 39 heavy (non-hydrogen) atoms. The van der Waals surface area contributed by atoms with Gasteiger partial charge in [-0.2, -0.15) is 5.26 Å². The van der Waals surface area contributed by atoms with E-state index in [0.717, 1.165) is 4.90 Å². The van der Waals surface area contributed by atoms with E-state index in [2.05, 4.69) is 6.07 Å². The van der Waals surface area contributed by atoms with Crippen molar-refractivity contribution in [2.24, 2.45) is 0 Å². The number of anilines is 1. The van der Waals surface area contributed by atoms with Gasteiger partial charge in [0, 0.05) is 35.1 Å². The second kappa shape index (κ2) is 9.73. The predicted octanol–water partition coefficient (Wildman–Crippen LogP) is 4.64. The number of urea groups is 1. The molecule has 2 saturated heterocycles. The van der Waals surface area contributed by atoms with E-state index in [-0.39, 0.29) is 39.9 Å². The van der Waals surface area contributed by atoms with E-state index >= 15 is 0 Å². The SMILES string of the molecule is CN1C(=O)N(c2cc(Cl)cc(Cl)c2)C(=O)[C@]12CN(C(=O)c1ccc(C(=O)O)cc1)C[C@H]2c1ccc(C#N)cc1. The third kappa shape index (κ3) is 4.28. The molecule has 196 valence electrons. The molecule has 2 aliphatic rings. The van der Waals surface area contributed by atoms with Gasteiger partial charge in [0.15, 0.2) is 0 Å². The number of halogens is 2. The lowest BCUT2D eigenvalue weighted by molar-refractivity contribution is -0.124. The summed E-state index contributed by atoms with van der Waals surface area (Å²) in [6.07, 6.45) is 0. The Kier molecular flexibility index (Phi) is 6.54. The molecule has 0 bridgehead atoms. The molecule has 1 spiro atoms. The maximum absolute atomic E-state index is 14.2. The Morgan fingerprint density at radius 2 is 1.56 bits per heavy atom. The molecule has 5 rings (SSSR count). The molecule has 1 N–H and O–H groups in total. The van der Waals surface area contributed by atoms with Gasteiger partial charge in [-0.3, -0.25) is 9.59 Å². The van der Waals surface area contributed by atoms with Crippen LogP contribution in [0.5, 0.6) is 0 Å². The first-order valence-electron chi connectivity index (χ1n) is 11.8. The van der Waals surface area contributed by atoms with Crippen LogP contribution in [0.1, 0.15) is 37.8 Å². The first kappa shape index (κ1) is 26.2. The summed E-state index contributed by atoms with van der Waals surface area (Å²) in [7, 11) is 1.51. The first-order valence-corrected chi connectivity index (χ1v) is 12.5. The van der Waals surface area contributed by atoms with Crippen molar-refractivity contribution >= 4 is 52.7 Å². The Hall–Kier alpha value is -4.39. The highest BCUT2D eigenvalue weighted by Gasteiger charge is 2.65. The Balaban J connectivity index is 1.59. The molecule has 4 amide bonds. The number of nitrogens with zero attached hydrogens (tertiary/aromatic N) is 4. The lowest BCUT2D eigenvalue weighted by Gasteiger charge is -2.33. The van der Waals surface area contributed by atoms with Crippen LogP contribution in [0.3, 0.4) is 0 Å². The van der Waals surface area contributed by atoms with Gasteiger partial charge in [0.1, 0.15) is 5.54 Å². The number of benzene rings is 3. The average molecular weight is 563 g/mol. The number of likely N-dealkylation sites (N-methyl/N-ethyl adjacent to an activating group) is 1. The van der Waals surface area contributed by atoms with Crippen LogP contribution < -0.4 is 4.90 Å². The fraction of sp³-hybridized carbons (Fsp3) is 0.179. The van der Waals surface area contributed by atoms with E-state index in [9.17, 15) is 29.5 Å². The number of carbonyl (C=O) groups excluding carboxylic acids is 3. The number of imide groups is 1. The molecular formula is C28H20Cl2N4O5. The predicted molar refractivity (Wildman–Crippen MR) is 143 cm³/mol. The fourth-order valence-electron chi connectivity index (χ4n) is 5.30. The Bertz CT molecular complexity index is 1550. The number of nitriles is 1. The Morgan fingerprint density at radius 1 is 0.974 bits per heavy atom. The molecular weight excluding hydrogens is 543 g/mol. The number of hydrogen-bond acceptors (Lipinski definition) is 5. The van der Waals surface area contributed by atoms with Crippen molar-refractivity contribution in [1.82, 2.24) is 9.80 Å². The summed E-state index contributed by atoms with van der Waals surface area (Å²) in [4.78, 5) is 56.4. The monoisotopic (exact) mass is 562 g/mol. The molecule has 2 atom stereocenters. The lowest BCUT2D eigenvalue weighted by Crippen LogP contribution is -2.54. The van der Waals surface area contributed by atoms with E-state index in [1.165, 1.54) is 59.3 Å². The zero-order chi connectivity index (χ0) is 28.1. The molecule has 0 radical (unpaired) electrons. The van der Waals surface area contributed by atoms with E-state index in [4.69, 9.17) is 23.2 Å². The number of carboxylic acid groups (broad SMARTS) is 1. The number of likely N-dealkylation sites (tertiary alicyclic amines) is 1. The highest BCUT2D eigenvalue weighted by molar-refractivity contribution is 6.36. The van der Waals surface area contributed by atoms with Gasteiger partial charge in [-0.15, -0.1) is 0 Å². The molecule has 3 aromatic rings. The number of carbonyl (C=O) groups is 4. The van der Waals surface area contributed by atoms with Gasteiger partial charge in [0.25, 0.3) is 11.8 Å². The highest BCUT2D eigenvalue weighted by atomic mass is 35.5. The molecule has 3 aromatic carbocycles. The number of carboxylic acids is 1. The van der Waals surface area contributed by atoms with Crippen LogP contribution in [0.4, 0.5) is 10.5 Å². The largest absolute Gasteiger partial charge is 0.478 e. The zero-order valence-corrected chi connectivity index (χ0v) is 22.0. The van der Waals surface area contributed by atoms with Gasteiger partial charge in [0.05, 0.1) is 29.4 Å². The van der Waals surface area contributed by atoms with E-state index in [0.29, 0.717) is 11.1 Å². The smallest absolute Gasteiger partial charge is 0.335 e. The Morgan fingerprint density at radius 3 is 2.13 bits per heavy atom. The zero-order valence-electron chi connectivity index (χ0n) is 20.5. The quantitative estimate of drug-likeness (QED) is 0.462. The molecule has 0 saturated carbocycles. The maximum Gasteiger partial charge on any atom is 0.335 e. The number of hydrogen-bond donors (Lipinski definition) is 1. The second-order valence-corrected chi connectivity index (χ2v) is 10.3. The van der Waals surface area contributed by atoms with E-state index < -0.39 is 35.3 Å². The number of amides is 4. The second-order valence-electron chi connectivity index (χ2n) is 9.39. The topological polar surface area (TPSA) is 122 Å². The Labute approximate surface area is 233 Å². The van der Waals surface area contributed by atoms with Crippen molar-refractivity contribution in [3.05, 3.63) is 99.0 Å². The van der Waals surface area contributed by atoms with Crippen molar-refractivity contribution < 1.29 is 24.3 Å². The highest BCUT2D eigenvalue weighted by Crippen LogP contribution is 2.47. The van der Waals surface area contributed by atoms with Crippen molar-refractivity contribution in [3.63, 3.8) is 0 Å². The third-order valence-electron chi connectivity index (χ3n) is 7.28. The summed E-state index contributed by atoms with van der Waals surface area (Å²) in [5.74, 6) is -2.71. The van der Waals surface area contributed by atoms with Crippen LogP contribution in [0.2, 0.25) is 10.0 Å². The molecule has 11 heteroatoms. The van der Waals surface area contributed by atoms with Crippen LogP contribution in [0.15, 0.2) is 66.7 Å². The first-order chi connectivity index (χ1) is 18.6. The van der Waals surface area contributed by atoms with Crippen molar-refractivity contribution in [2.45, 2.75) is 11.5 Å². The maximum atomic E-state index is 14.2.